The summed E-state index contributed by atoms with van der Waals surface area (Å²) in [7, 11) is 5.75. The van der Waals surface area contributed by atoms with E-state index in [0.717, 1.165) is 31.7 Å². The molecule has 1 aromatic carbocycles. The lowest BCUT2D eigenvalue weighted by molar-refractivity contribution is -0.115. The normalized spacial score (nSPS) is 16.4. The Kier molecular flexibility index (Phi) is 6.88. The lowest BCUT2D eigenvalue weighted by Crippen LogP contribution is -2.24. The summed E-state index contributed by atoms with van der Waals surface area (Å²) in [6.45, 7) is 2.29. The van der Waals surface area contributed by atoms with Gasteiger partial charge in [-0.25, -0.2) is 8.78 Å². The Hall–Kier alpha value is -1.64. The maximum Gasteiger partial charge on any atom is 0.290 e. The molecule has 9 heteroatoms. The Morgan fingerprint density at radius 2 is 1.89 bits per heavy atom. The van der Waals surface area contributed by atoms with Gasteiger partial charge in [0.05, 0.1) is 15.6 Å². The van der Waals surface area contributed by atoms with E-state index in [2.05, 4.69) is 5.32 Å². The van der Waals surface area contributed by atoms with E-state index in [9.17, 15) is 18.4 Å². The molecule has 0 atom stereocenters. The SMILES string of the molecule is CN(C)CCCN(C)c1c(Cl)cc(C(C)(F)F)cc1/C=C1\SC(=O)NC1=O. The second kappa shape index (κ2) is 8.58. The van der Waals surface area contributed by atoms with E-state index in [1.165, 1.54) is 18.2 Å². The van der Waals surface area contributed by atoms with Crippen LogP contribution in [-0.4, -0.2) is 50.3 Å². The first-order chi connectivity index (χ1) is 12.5. The van der Waals surface area contributed by atoms with Gasteiger partial charge in [-0.1, -0.05) is 11.6 Å². The predicted molar refractivity (Wildman–Crippen MR) is 107 cm³/mol. The summed E-state index contributed by atoms with van der Waals surface area (Å²) in [5.41, 5.74) is 0.668. The van der Waals surface area contributed by atoms with Crippen LogP contribution in [0, 0.1) is 0 Å². The third kappa shape index (κ3) is 5.67. The molecule has 0 bridgehead atoms. The summed E-state index contributed by atoms with van der Waals surface area (Å²) >= 11 is 7.07. The summed E-state index contributed by atoms with van der Waals surface area (Å²) in [4.78, 5) is 27.3. The van der Waals surface area contributed by atoms with Crippen LogP contribution >= 0.6 is 23.4 Å². The molecule has 5 nitrogen and oxygen atoms in total. The number of carbonyl (C=O) groups is 2. The molecule has 1 heterocycles. The molecule has 0 spiro atoms. The Labute approximate surface area is 166 Å². The summed E-state index contributed by atoms with van der Waals surface area (Å²) in [6.07, 6.45) is 2.28. The molecule has 0 radical (unpaired) electrons. The van der Waals surface area contributed by atoms with Crippen LogP contribution < -0.4 is 10.2 Å². The van der Waals surface area contributed by atoms with Crippen LogP contribution in [0.25, 0.3) is 6.08 Å². The van der Waals surface area contributed by atoms with Crippen molar-refractivity contribution in [1.82, 2.24) is 10.2 Å². The van der Waals surface area contributed by atoms with Crippen LogP contribution in [0.15, 0.2) is 17.0 Å². The predicted octanol–water partition coefficient (Wildman–Crippen LogP) is 4.16. The molecule has 0 aromatic heterocycles. The van der Waals surface area contributed by atoms with E-state index >= 15 is 0 Å². The van der Waals surface area contributed by atoms with E-state index < -0.39 is 17.1 Å². The highest BCUT2D eigenvalue weighted by molar-refractivity contribution is 8.18. The van der Waals surface area contributed by atoms with Crippen molar-refractivity contribution in [1.29, 1.82) is 0 Å². The Morgan fingerprint density at radius 1 is 1.22 bits per heavy atom. The first-order valence-corrected chi connectivity index (χ1v) is 9.51. The molecule has 1 fully saturated rings. The topological polar surface area (TPSA) is 52.6 Å². The number of thioether (sulfide) groups is 1. The van der Waals surface area contributed by atoms with Crippen LogP contribution in [0.5, 0.6) is 0 Å². The number of imide groups is 1. The number of halogens is 3. The van der Waals surface area contributed by atoms with Crippen LogP contribution in [0.4, 0.5) is 19.3 Å². The highest BCUT2D eigenvalue weighted by atomic mass is 35.5. The second-order valence-electron chi connectivity index (χ2n) is 6.71. The molecule has 148 valence electrons. The van der Waals surface area contributed by atoms with Gasteiger partial charge in [0.15, 0.2) is 0 Å². The van der Waals surface area contributed by atoms with E-state index in [1.54, 1.807) is 0 Å². The monoisotopic (exact) mass is 417 g/mol. The Morgan fingerprint density at radius 3 is 2.41 bits per heavy atom. The van der Waals surface area contributed by atoms with Crippen molar-refractivity contribution in [2.75, 3.05) is 39.1 Å². The summed E-state index contributed by atoms with van der Waals surface area (Å²) in [5, 5.41) is 1.84. The van der Waals surface area contributed by atoms with E-state index in [-0.39, 0.29) is 15.5 Å². The quantitative estimate of drug-likeness (QED) is 0.675. The van der Waals surface area contributed by atoms with Crippen molar-refractivity contribution in [3.8, 4) is 0 Å². The molecule has 1 saturated heterocycles. The number of hydrogen-bond acceptors (Lipinski definition) is 5. The smallest absolute Gasteiger partial charge is 0.290 e. The molecule has 1 aromatic rings. The fraction of sp³-hybridized carbons (Fsp3) is 0.444. The zero-order valence-electron chi connectivity index (χ0n) is 15.6. The van der Waals surface area contributed by atoms with Crippen molar-refractivity contribution in [3.63, 3.8) is 0 Å². The standard InChI is InChI=1S/C18H22ClF2N3O2S/c1-18(20,21)12-8-11(9-14-16(25)22-17(26)27-14)15(13(19)10-12)24(4)7-5-6-23(2)3/h8-10H,5-7H2,1-4H3,(H,22,25,26)/b14-9-. The van der Waals surface area contributed by atoms with Gasteiger partial charge in [-0.2, -0.15) is 0 Å². The molecule has 0 unspecified atom stereocenters. The number of amides is 2. The third-order valence-corrected chi connectivity index (χ3v) is 5.11. The zero-order chi connectivity index (χ0) is 20.4. The number of alkyl halides is 2. The van der Waals surface area contributed by atoms with E-state index in [1.807, 2.05) is 30.9 Å². The van der Waals surface area contributed by atoms with Gasteiger partial charge in [-0.3, -0.25) is 14.9 Å². The molecule has 1 N–H and O–H groups in total. The largest absolute Gasteiger partial charge is 0.373 e. The van der Waals surface area contributed by atoms with Gasteiger partial charge >= 0.3 is 0 Å². The second-order valence-corrected chi connectivity index (χ2v) is 8.14. The number of anilines is 1. The van der Waals surface area contributed by atoms with Crippen molar-refractivity contribution in [2.45, 2.75) is 19.3 Å². The van der Waals surface area contributed by atoms with Crippen LogP contribution in [-0.2, 0) is 10.7 Å². The van der Waals surface area contributed by atoms with E-state index in [0.29, 0.717) is 17.8 Å². The highest BCUT2D eigenvalue weighted by Gasteiger charge is 2.29. The van der Waals surface area contributed by atoms with Gasteiger partial charge < -0.3 is 9.80 Å². The van der Waals surface area contributed by atoms with Crippen molar-refractivity contribution in [2.24, 2.45) is 0 Å². The van der Waals surface area contributed by atoms with Crippen molar-refractivity contribution >= 4 is 46.3 Å². The van der Waals surface area contributed by atoms with Gasteiger partial charge in [-0.15, -0.1) is 0 Å². The number of benzene rings is 1. The van der Waals surface area contributed by atoms with Gasteiger partial charge in [-0.05, 0) is 57.0 Å². The highest BCUT2D eigenvalue weighted by Crippen LogP contribution is 2.39. The third-order valence-electron chi connectivity index (χ3n) is 4.01. The van der Waals surface area contributed by atoms with Crippen molar-refractivity contribution in [3.05, 3.63) is 33.2 Å². The van der Waals surface area contributed by atoms with Crippen LogP contribution in [0.3, 0.4) is 0 Å². The molecule has 1 aliphatic rings. The summed E-state index contributed by atoms with van der Waals surface area (Å²) in [5.74, 6) is -3.63. The van der Waals surface area contributed by atoms with Crippen molar-refractivity contribution < 1.29 is 18.4 Å². The maximum atomic E-state index is 13.9. The van der Waals surface area contributed by atoms with Crippen LogP contribution in [0.2, 0.25) is 5.02 Å². The van der Waals surface area contributed by atoms with Gasteiger partial charge in [0.1, 0.15) is 0 Å². The lowest BCUT2D eigenvalue weighted by Gasteiger charge is -2.25. The molecule has 2 amide bonds. The molecule has 2 rings (SSSR count). The maximum absolute atomic E-state index is 13.9. The molecular formula is C18H22ClF2N3O2S. The molecule has 0 saturated carbocycles. The van der Waals surface area contributed by atoms with Crippen LogP contribution in [0.1, 0.15) is 24.5 Å². The fourth-order valence-corrected chi connectivity index (χ4v) is 3.73. The molecular weight excluding hydrogens is 396 g/mol. The Bertz CT molecular complexity index is 779. The average Bonchev–Trinajstić information content (AvgIpc) is 2.83. The number of hydrogen-bond donors (Lipinski definition) is 1. The van der Waals surface area contributed by atoms with Gasteiger partial charge in [0, 0.05) is 31.6 Å². The fourth-order valence-electron chi connectivity index (χ4n) is 2.68. The first-order valence-electron chi connectivity index (χ1n) is 8.31. The minimum atomic E-state index is -3.08. The van der Waals surface area contributed by atoms with Gasteiger partial charge in [0.25, 0.3) is 17.1 Å². The lowest BCUT2D eigenvalue weighted by atomic mass is 10.0. The van der Waals surface area contributed by atoms with E-state index in [4.69, 9.17) is 11.6 Å². The Balaban J connectivity index is 2.46. The first kappa shape index (κ1) is 21.7. The minimum Gasteiger partial charge on any atom is -0.373 e. The molecule has 1 aliphatic heterocycles. The average molecular weight is 418 g/mol. The number of carbonyl (C=O) groups excluding carboxylic acids is 2. The summed E-state index contributed by atoms with van der Waals surface area (Å²) in [6, 6.07) is 2.56. The summed E-state index contributed by atoms with van der Waals surface area (Å²) < 4.78 is 27.7. The number of nitrogens with one attached hydrogen (secondary N) is 1. The zero-order valence-corrected chi connectivity index (χ0v) is 17.2. The number of nitrogens with zero attached hydrogens (tertiary/aromatic N) is 2. The molecule has 27 heavy (non-hydrogen) atoms. The minimum absolute atomic E-state index is 0.149. The molecule has 0 aliphatic carbocycles. The number of rotatable bonds is 7. The van der Waals surface area contributed by atoms with Gasteiger partial charge in [0.2, 0.25) is 0 Å².